The van der Waals surface area contributed by atoms with Crippen LogP contribution in [0.3, 0.4) is 0 Å². The Labute approximate surface area is 175 Å². The molecule has 0 saturated carbocycles. The molecule has 0 aliphatic carbocycles. The van der Waals surface area contributed by atoms with Gasteiger partial charge in [-0.25, -0.2) is 4.39 Å². The number of benzene rings is 3. The van der Waals surface area contributed by atoms with Gasteiger partial charge in [-0.2, -0.15) is 0 Å². The highest BCUT2D eigenvalue weighted by Gasteiger charge is 2.23. The Hall–Kier alpha value is -3.03. The number of aliphatic hydroxyl groups is 1. The molecule has 148 valence electrons. The van der Waals surface area contributed by atoms with Gasteiger partial charge in [-0.1, -0.05) is 58.4 Å². The number of rotatable bonds is 7. The third kappa shape index (κ3) is 5.28. The van der Waals surface area contributed by atoms with Crippen LogP contribution in [0.4, 0.5) is 15.8 Å². The van der Waals surface area contributed by atoms with E-state index in [1.807, 2.05) is 0 Å². The summed E-state index contributed by atoms with van der Waals surface area (Å²) in [6.07, 6.45) is -1.36. The number of amides is 1. The summed E-state index contributed by atoms with van der Waals surface area (Å²) in [4.78, 5) is 25.2. The molecule has 5 nitrogen and oxygen atoms in total. The van der Waals surface area contributed by atoms with E-state index >= 15 is 0 Å². The molecule has 7 heteroatoms. The van der Waals surface area contributed by atoms with Crippen LogP contribution in [0.2, 0.25) is 0 Å². The Kier molecular flexibility index (Phi) is 6.74. The second kappa shape index (κ2) is 9.45. The van der Waals surface area contributed by atoms with Crippen molar-refractivity contribution < 1.29 is 19.1 Å². The number of Topliss-reactive ketones (excluding diaryl/α,β-unsaturated/α-hetero) is 1. The largest absolute Gasteiger partial charge is 0.380 e. The molecule has 0 spiro atoms. The quantitative estimate of drug-likeness (QED) is 0.455. The van der Waals surface area contributed by atoms with Crippen LogP contribution >= 0.6 is 15.9 Å². The van der Waals surface area contributed by atoms with Crippen molar-refractivity contribution in [3.05, 3.63) is 94.2 Å². The number of hydrogen-bond acceptors (Lipinski definition) is 4. The zero-order chi connectivity index (χ0) is 20.8. The molecule has 0 bridgehead atoms. The molecule has 0 heterocycles. The van der Waals surface area contributed by atoms with Gasteiger partial charge in [0, 0.05) is 10.0 Å². The first-order chi connectivity index (χ1) is 14.0. The number of ketones is 1. The van der Waals surface area contributed by atoms with Crippen LogP contribution < -0.4 is 10.6 Å². The van der Waals surface area contributed by atoms with Crippen molar-refractivity contribution in [1.29, 1.82) is 0 Å². The van der Waals surface area contributed by atoms with Gasteiger partial charge in [0.25, 0.3) is 0 Å². The number of carbonyl (C=O) groups is 2. The average Bonchev–Trinajstić information content (AvgIpc) is 2.74. The Morgan fingerprint density at radius 2 is 1.66 bits per heavy atom. The Morgan fingerprint density at radius 1 is 0.966 bits per heavy atom. The van der Waals surface area contributed by atoms with Crippen molar-refractivity contribution in [2.75, 3.05) is 17.2 Å². The molecule has 1 unspecified atom stereocenters. The van der Waals surface area contributed by atoms with E-state index in [1.54, 1.807) is 54.6 Å². The molecule has 3 N–H and O–H groups in total. The minimum absolute atomic E-state index is 0.162. The van der Waals surface area contributed by atoms with E-state index in [0.717, 1.165) is 0 Å². The molecular weight excluding hydrogens is 439 g/mol. The lowest BCUT2D eigenvalue weighted by Gasteiger charge is -2.15. The van der Waals surface area contributed by atoms with Crippen molar-refractivity contribution in [3.63, 3.8) is 0 Å². The maximum Gasteiger partial charge on any atom is 0.243 e. The van der Waals surface area contributed by atoms with Gasteiger partial charge in [-0.15, -0.1) is 0 Å². The van der Waals surface area contributed by atoms with Crippen LogP contribution in [0.5, 0.6) is 0 Å². The van der Waals surface area contributed by atoms with E-state index in [9.17, 15) is 19.1 Å². The first kappa shape index (κ1) is 20.7. The minimum Gasteiger partial charge on any atom is -0.380 e. The van der Waals surface area contributed by atoms with Gasteiger partial charge in [0.05, 0.1) is 17.9 Å². The summed E-state index contributed by atoms with van der Waals surface area (Å²) in [7, 11) is 0. The first-order valence-corrected chi connectivity index (χ1v) is 9.60. The molecule has 0 aliphatic heterocycles. The molecule has 0 aromatic heterocycles. The molecule has 1 atom stereocenters. The molecular formula is C22H18BrFN2O3. The molecule has 0 aliphatic rings. The minimum atomic E-state index is -1.36. The Balaban J connectivity index is 1.75. The molecule has 29 heavy (non-hydrogen) atoms. The van der Waals surface area contributed by atoms with E-state index in [0.29, 0.717) is 10.0 Å². The number of carbonyl (C=O) groups excluding carboxylic acids is 2. The SMILES string of the molecule is O=C(CNc1ccccc1F)Nc1ccc(Br)cc1C(=O)C(O)c1ccccc1. The van der Waals surface area contributed by atoms with Crippen LogP contribution in [-0.2, 0) is 4.79 Å². The Morgan fingerprint density at radius 3 is 2.38 bits per heavy atom. The summed E-state index contributed by atoms with van der Waals surface area (Å²) in [6, 6.07) is 19.3. The summed E-state index contributed by atoms with van der Waals surface area (Å²) in [5, 5.41) is 15.8. The van der Waals surface area contributed by atoms with Gasteiger partial charge >= 0.3 is 0 Å². The highest BCUT2D eigenvalue weighted by Crippen LogP contribution is 2.27. The van der Waals surface area contributed by atoms with Crippen LogP contribution in [0.25, 0.3) is 0 Å². The van der Waals surface area contributed by atoms with E-state index < -0.39 is 23.6 Å². The van der Waals surface area contributed by atoms with Crippen LogP contribution in [0.1, 0.15) is 22.0 Å². The predicted octanol–water partition coefficient (Wildman–Crippen LogP) is 4.56. The van der Waals surface area contributed by atoms with Crippen LogP contribution in [0.15, 0.2) is 77.3 Å². The van der Waals surface area contributed by atoms with Gasteiger partial charge in [-0.05, 0) is 35.9 Å². The Bertz CT molecular complexity index is 1030. The van der Waals surface area contributed by atoms with E-state index in [-0.39, 0.29) is 23.5 Å². The first-order valence-electron chi connectivity index (χ1n) is 8.80. The van der Waals surface area contributed by atoms with Gasteiger partial charge in [-0.3, -0.25) is 9.59 Å². The fourth-order valence-electron chi connectivity index (χ4n) is 2.74. The molecule has 3 aromatic rings. The monoisotopic (exact) mass is 456 g/mol. The van der Waals surface area contributed by atoms with Crippen molar-refractivity contribution >= 4 is 39.0 Å². The predicted molar refractivity (Wildman–Crippen MR) is 113 cm³/mol. The lowest BCUT2D eigenvalue weighted by Crippen LogP contribution is -2.24. The number of aliphatic hydroxyl groups excluding tert-OH is 1. The molecule has 3 aromatic carbocycles. The summed E-state index contributed by atoms with van der Waals surface area (Å²) in [6.45, 7) is -0.189. The summed E-state index contributed by atoms with van der Waals surface area (Å²) < 4.78 is 14.3. The number of nitrogens with one attached hydrogen (secondary N) is 2. The smallest absolute Gasteiger partial charge is 0.243 e. The fourth-order valence-corrected chi connectivity index (χ4v) is 3.10. The number of para-hydroxylation sites is 1. The van der Waals surface area contributed by atoms with Gasteiger partial charge in [0.15, 0.2) is 5.78 Å². The normalized spacial score (nSPS) is 11.6. The lowest BCUT2D eigenvalue weighted by molar-refractivity contribution is -0.114. The van der Waals surface area contributed by atoms with Crippen molar-refractivity contribution in [2.24, 2.45) is 0 Å². The van der Waals surface area contributed by atoms with E-state index in [2.05, 4.69) is 26.6 Å². The maximum absolute atomic E-state index is 13.7. The lowest BCUT2D eigenvalue weighted by atomic mass is 9.98. The van der Waals surface area contributed by atoms with Crippen molar-refractivity contribution in [1.82, 2.24) is 0 Å². The fraction of sp³-hybridized carbons (Fsp3) is 0.0909. The van der Waals surface area contributed by atoms with E-state index in [4.69, 9.17) is 0 Å². The molecule has 0 saturated heterocycles. The zero-order valence-corrected chi connectivity index (χ0v) is 16.8. The zero-order valence-electron chi connectivity index (χ0n) is 15.2. The van der Waals surface area contributed by atoms with Crippen LogP contribution in [-0.4, -0.2) is 23.3 Å². The van der Waals surface area contributed by atoms with Gasteiger partial charge in [0.1, 0.15) is 11.9 Å². The van der Waals surface area contributed by atoms with Crippen LogP contribution in [0, 0.1) is 5.82 Å². The van der Waals surface area contributed by atoms with E-state index in [1.165, 1.54) is 18.2 Å². The highest BCUT2D eigenvalue weighted by atomic mass is 79.9. The molecule has 1 amide bonds. The maximum atomic E-state index is 13.7. The molecule has 0 radical (unpaired) electrons. The van der Waals surface area contributed by atoms with Crippen molar-refractivity contribution in [2.45, 2.75) is 6.10 Å². The van der Waals surface area contributed by atoms with Crippen molar-refractivity contribution in [3.8, 4) is 0 Å². The molecule has 0 fully saturated rings. The second-order valence-electron chi connectivity index (χ2n) is 6.25. The number of hydrogen-bond donors (Lipinski definition) is 3. The standard InChI is InChI=1S/C22H18BrFN2O3/c23-15-10-11-18(26-20(27)13-25-19-9-5-4-8-17(19)24)16(12-15)22(29)21(28)14-6-2-1-3-7-14/h1-12,21,25,28H,13H2,(H,26,27). The summed E-state index contributed by atoms with van der Waals surface area (Å²) in [5.74, 6) is -1.47. The average molecular weight is 457 g/mol. The van der Waals surface area contributed by atoms with Gasteiger partial charge < -0.3 is 15.7 Å². The second-order valence-corrected chi connectivity index (χ2v) is 7.16. The van der Waals surface area contributed by atoms with Gasteiger partial charge in [0.2, 0.25) is 5.91 Å². The highest BCUT2D eigenvalue weighted by molar-refractivity contribution is 9.10. The molecule has 3 rings (SSSR count). The third-order valence-electron chi connectivity index (χ3n) is 4.20. The number of anilines is 2. The summed E-state index contributed by atoms with van der Waals surface area (Å²) in [5.41, 5.74) is 1.08. The summed E-state index contributed by atoms with van der Waals surface area (Å²) >= 11 is 3.30. The number of halogens is 2. The topological polar surface area (TPSA) is 78.4 Å². The third-order valence-corrected chi connectivity index (χ3v) is 4.69.